The van der Waals surface area contributed by atoms with Gasteiger partial charge >= 0.3 is 6.16 Å². The second kappa shape index (κ2) is 5.85. The van der Waals surface area contributed by atoms with Gasteiger partial charge in [-0.1, -0.05) is 18.2 Å². The van der Waals surface area contributed by atoms with Crippen molar-refractivity contribution < 1.29 is 19.0 Å². The Labute approximate surface area is 82.4 Å². The van der Waals surface area contributed by atoms with E-state index in [1.54, 1.807) is 0 Å². The van der Waals surface area contributed by atoms with Gasteiger partial charge in [-0.3, -0.25) is 0 Å². The van der Waals surface area contributed by atoms with Crippen LogP contribution in [0.5, 0.6) is 5.75 Å². The molecule has 0 unspecified atom stereocenters. The highest BCUT2D eigenvalue weighted by Crippen LogP contribution is 2.07. The molecule has 14 heavy (non-hydrogen) atoms. The fourth-order valence-electron chi connectivity index (χ4n) is 0.860. The Morgan fingerprint density at radius 2 is 1.93 bits per heavy atom. The van der Waals surface area contributed by atoms with Crippen LogP contribution in [0.2, 0.25) is 0 Å². The second-order valence-corrected chi connectivity index (χ2v) is 2.46. The largest absolute Gasteiger partial charge is 0.508 e. The molecule has 0 saturated heterocycles. The Morgan fingerprint density at radius 3 is 2.57 bits per heavy atom. The number of ether oxygens (including phenoxy) is 3. The lowest BCUT2D eigenvalue weighted by Crippen LogP contribution is -2.11. The normalized spacial score (nSPS) is 9.21. The molecule has 4 heteroatoms. The van der Waals surface area contributed by atoms with E-state index in [4.69, 9.17) is 4.74 Å². The van der Waals surface area contributed by atoms with Gasteiger partial charge in [-0.15, -0.1) is 0 Å². The van der Waals surface area contributed by atoms with Gasteiger partial charge in [0.25, 0.3) is 0 Å². The van der Waals surface area contributed by atoms with Crippen LogP contribution in [0.3, 0.4) is 0 Å². The van der Waals surface area contributed by atoms with Crippen LogP contribution in [0, 0.1) is 0 Å². The van der Waals surface area contributed by atoms with Gasteiger partial charge in [0.05, 0.1) is 7.11 Å². The van der Waals surface area contributed by atoms with Crippen molar-refractivity contribution in [3.8, 4) is 5.75 Å². The van der Waals surface area contributed by atoms with E-state index in [0.29, 0.717) is 6.61 Å². The average Bonchev–Trinajstić information content (AvgIpc) is 2.25. The van der Waals surface area contributed by atoms with Crippen LogP contribution in [0.15, 0.2) is 30.3 Å². The lowest BCUT2D eigenvalue weighted by Gasteiger charge is -2.05. The third-order valence-electron chi connectivity index (χ3n) is 1.48. The maximum Gasteiger partial charge on any atom is 0.508 e. The highest BCUT2D eigenvalue weighted by Gasteiger charge is 1.99. The molecule has 0 aliphatic heterocycles. The van der Waals surface area contributed by atoms with Crippen molar-refractivity contribution in [3.05, 3.63) is 30.3 Å². The Morgan fingerprint density at radius 1 is 1.21 bits per heavy atom. The molecule has 0 aliphatic carbocycles. The number of para-hydroxylation sites is 1. The summed E-state index contributed by atoms with van der Waals surface area (Å²) in [5.41, 5.74) is 0. The van der Waals surface area contributed by atoms with Gasteiger partial charge in [-0.25, -0.2) is 4.79 Å². The van der Waals surface area contributed by atoms with Crippen molar-refractivity contribution in [1.82, 2.24) is 0 Å². The number of carbonyl (C=O) groups excluding carboxylic acids is 1. The molecule has 76 valence electrons. The van der Waals surface area contributed by atoms with E-state index >= 15 is 0 Å². The van der Waals surface area contributed by atoms with Crippen LogP contribution in [-0.4, -0.2) is 26.5 Å². The average molecular weight is 196 g/mol. The summed E-state index contributed by atoms with van der Waals surface area (Å²) in [7, 11) is 1.26. The summed E-state index contributed by atoms with van der Waals surface area (Å²) in [4.78, 5) is 10.5. The molecule has 0 radical (unpaired) electrons. The van der Waals surface area contributed by atoms with Gasteiger partial charge in [0.1, 0.15) is 19.0 Å². The van der Waals surface area contributed by atoms with Crippen LogP contribution in [0.4, 0.5) is 4.79 Å². The van der Waals surface area contributed by atoms with Gasteiger partial charge in [0, 0.05) is 0 Å². The predicted molar refractivity (Wildman–Crippen MR) is 50.3 cm³/mol. The summed E-state index contributed by atoms with van der Waals surface area (Å²) in [5.74, 6) is 0.751. The molecule has 1 aromatic rings. The third kappa shape index (κ3) is 3.80. The van der Waals surface area contributed by atoms with Crippen LogP contribution in [0.1, 0.15) is 0 Å². The number of hydrogen-bond donors (Lipinski definition) is 0. The highest BCUT2D eigenvalue weighted by molar-refractivity contribution is 5.59. The van der Waals surface area contributed by atoms with Gasteiger partial charge < -0.3 is 14.2 Å². The zero-order valence-corrected chi connectivity index (χ0v) is 7.93. The molecule has 0 spiro atoms. The highest BCUT2D eigenvalue weighted by atomic mass is 16.7. The summed E-state index contributed by atoms with van der Waals surface area (Å²) in [6, 6.07) is 9.31. The lowest BCUT2D eigenvalue weighted by atomic mass is 10.3. The first kappa shape index (κ1) is 10.4. The van der Waals surface area contributed by atoms with Crippen LogP contribution < -0.4 is 4.74 Å². The molecule has 0 aromatic heterocycles. The van der Waals surface area contributed by atoms with E-state index in [2.05, 4.69) is 9.47 Å². The molecule has 4 nitrogen and oxygen atoms in total. The van der Waals surface area contributed by atoms with E-state index < -0.39 is 6.16 Å². The topological polar surface area (TPSA) is 44.8 Å². The van der Waals surface area contributed by atoms with Crippen molar-refractivity contribution in [2.45, 2.75) is 0 Å². The van der Waals surface area contributed by atoms with Gasteiger partial charge in [-0.05, 0) is 12.1 Å². The maximum atomic E-state index is 10.5. The van der Waals surface area contributed by atoms with Crippen LogP contribution in [0.25, 0.3) is 0 Å². The number of benzene rings is 1. The minimum Gasteiger partial charge on any atom is -0.490 e. The third-order valence-corrected chi connectivity index (χ3v) is 1.48. The number of hydrogen-bond acceptors (Lipinski definition) is 4. The van der Waals surface area contributed by atoms with Crippen LogP contribution >= 0.6 is 0 Å². The smallest absolute Gasteiger partial charge is 0.490 e. The van der Waals surface area contributed by atoms with Crippen molar-refractivity contribution in [1.29, 1.82) is 0 Å². The quantitative estimate of drug-likeness (QED) is 0.544. The van der Waals surface area contributed by atoms with Crippen molar-refractivity contribution in [3.63, 3.8) is 0 Å². The Balaban J connectivity index is 2.13. The fourth-order valence-corrected chi connectivity index (χ4v) is 0.860. The first-order valence-corrected chi connectivity index (χ1v) is 4.21. The first-order valence-electron chi connectivity index (χ1n) is 4.21. The van der Waals surface area contributed by atoms with E-state index in [-0.39, 0.29) is 6.61 Å². The molecule has 1 aromatic carbocycles. The summed E-state index contributed by atoms with van der Waals surface area (Å²) in [6.45, 7) is 0.501. The molecular weight excluding hydrogens is 184 g/mol. The molecule has 0 atom stereocenters. The summed E-state index contributed by atoms with van der Waals surface area (Å²) in [6.07, 6.45) is -0.693. The van der Waals surface area contributed by atoms with E-state index in [0.717, 1.165) is 5.75 Å². The molecule has 0 N–H and O–H groups in total. The molecular formula is C10H12O4. The SMILES string of the molecule is COC(=O)OCCOc1ccccc1. The molecule has 0 bridgehead atoms. The Hall–Kier alpha value is -1.71. The zero-order valence-electron chi connectivity index (χ0n) is 7.93. The minimum atomic E-state index is -0.693. The Bertz CT molecular complexity index is 271. The molecule has 1 rings (SSSR count). The standard InChI is InChI=1S/C10H12O4/c1-12-10(11)14-8-7-13-9-5-3-2-4-6-9/h2-6H,7-8H2,1H3. The molecule has 0 fully saturated rings. The lowest BCUT2D eigenvalue weighted by molar-refractivity contribution is 0.0616. The molecule has 0 aliphatic rings. The van der Waals surface area contributed by atoms with Gasteiger partial charge in [0.2, 0.25) is 0 Å². The second-order valence-electron chi connectivity index (χ2n) is 2.46. The minimum absolute atomic E-state index is 0.182. The summed E-state index contributed by atoms with van der Waals surface area (Å²) >= 11 is 0. The molecule has 0 amide bonds. The van der Waals surface area contributed by atoms with Crippen molar-refractivity contribution >= 4 is 6.16 Å². The number of rotatable bonds is 4. The summed E-state index contributed by atoms with van der Waals surface area (Å²) in [5, 5.41) is 0. The van der Waals surface area contributed by atoms with Crippen molar-refractivity contribution in [2.24, 2.45) is 0 Å². The van der Waals surface area contributed by atoms with Crippen LogP contribution in [-0.2, 0) is 9.47 Å². The monoisotopic (exact) mass is 196 g/mol. The number of carbonyl (C=O) groups is 1. The molecule has 0 saturated carbocycles. The van der Waals surface area contributed by atoms with E-state index in [1.165, 1.54) is 7.11 Å². The predicted octanol–water partition coefficient (Wildman–Crippen LogP) is 1.85. The van der Waals surface area contributed by atoms with Gasteiger partial charge in [-0.2, -0.15) is 0 Å². The van der Waals surface area contributed by atoms with Crippen molar-refractivity contribution in [2.75, 3.05) is 20.3 Å². The first-order chi connectivity index (χ1) is 6.83. The molecule has 0 heterocycles. The maximum absolute atomic E-state index is 10.5. The Kier molecular flexibility index (Phi) is 4.34. The zero-order chi connectivity index (χ0) is 10.2. The van der Waals surface area contributed by atoms with E-state index in [1.807, 2.05) is 30.3 Å². The number of methoxy groups -OCH3 is 1. The fraction of sp³-hybridized carbons (Fsp3) is 0.300. The van der Waals surface area contributed by atoms with E-state index in [9.17, 15) is 4.79 Å². The van der Waals surface area contributed by atoms with Gasteiger partial charge in [0.15, 0.2) is 0 Å². The summed E-state index contributed by atoms with van der Waals surface area (Å²) < 4.78 is 14.2.